The predicted molar refractivity (Wildman–Crippen MR) is 109 cm³/mol. The van der Waals surface area contributed by atoms with E-state index in [9.17, 15) is 0 Å². The van der Waals surface area contributed by atoms with E-state index in [4.69, 9.17) is 0 Å². The number of hydrazone groups is 1. The molecule has 0 saturated heterocycles. The van der Waals surface area contributed by atoms with Gasteiger partial charge in [-0.15, -0.1) is 0 Å². The molecule has 2 aromatic rings. The Morgan fingerprint density at radius 2 is 1.60 bits per heavy atom. The SMILES string of the molecule is CC(C)CN(Cc1cccc(C=NNc2ccccc2)c1)CC(C)C. The third-order valence-corrected chi connectivity index (χ3v) is 3.78. The lowest BCUT2D eigenvalue weighted by Crippen LogP contribution is -2.30. The lowest BCUT2D eigenvalue weighted by atomic mass is 10.1. The van der Waals surface area contributed by atoms with Crippen molar-refractivity contribution in [1.29, 1.82) is 0 Å². The van der Waals surface area contributed by atoms with Gasteiger partial charge in [0.05, 0.1) is 11.9 Å². The first kappa shape index (κ1) is 19.2. The van der Waals surface area contributed by atoms with E-state index in [0.717, 1.165) is 30.9 Å². The van der Waals surface area contributed by atoms with E-state index >= 15 is 0 Å². The highest BCUT2D eigenvalue weighted by atomic mass is 15.3. The van der Waals surface area contributed by atoms with Gasteiger partial charge in [-0.1, -0.05) is 64.1 Å². The Labute approximate surface area is 152 Å². The highest BCUT2D eigenvalue weighted by Crippen LogP contribution is 2.12. The monoisotopic (exact) mass is 337 g/mol. The Morgan fingerprint density at radius 3 is 2.24 bits per heavy atom. The molecule has 0 spiro atoms. The number of rotatable bonds is 9. The fourth-order valence-electron chi connectivity index (χ4n) is 2.96. The van der Waals surface area contributed by atoms with Gasteiger partial charge in [0.25, 0.3) is 0 Å². The molecule has 0 fully saturated rings. The summed E-state index contributed by atoms with van der Waals surface area (Å²) < 4.78 is 0. The van der Waals surface area contributed by atoms with Crippen LogP contribution in [0.2, 0.25) is 0 Å². The average Bonchev–Trinajstić information content (AvgIpc) is 2.55. The van der Waals surface area contributed by atoms with Crippen molar-refractivity contribution in [3.8, 4) is 0 Å². The van der Waals surface area contributed by atoms with E-state index in [0.29, 0.717) is 11.8 Å². The molecule has 0 atom stereocenters. The maximum absolute atomic E-state index is 4.34. The zero-order chi connectivity index (χ0) is 18.1. The second-order valence-corrected chi connectivity index (χ2v) is 7.46. The van der Waals surface area contributed by atoms with E-state index in [1.807, 2.05) is 36.5 Å². The van der Waals surface area contributed by atoms with Crippen LogP contribution in [0.5, 0.6) is 0 Å². The summed E-state index contributed by atoms with van der Waals surface area (Å²) in [6.45, 7) is 12.4. The van der Waals surface area contributed by atoms with Crippen LogP contribution in [0.15, 0.2) is 59.7 Å². The molecular weight excluding hydrogens is 306 g/mol. The minimum absolute atomic E-state index is 0.679. The molecule has 2 aromatic carbocycles. The van der Waals surface area contributed by atoms with E-state index < -0.39 is 0 Å². The molecule has 3 nitrogen and oxygen atoms in total. The number of para-hydroxylation sites is 1. The van der Waals surface area contributed by atoms with Crippen LogP contribution in [0, 0.1) is 11.8 Å². The van der Waals surface area contributed by atoms with Crippen molar-refractivity contribution in [3.63, 3.8) is 0 Å². The van der Waals surface area contributed by atoms with Gasteiger partial charge in [0.1, 0.15) is 0 Å². The summed E-state index contributed by atoms with van der Waals surface area (Å²) in [5.41, 5.74) is 6.52. The van der Waals surface area contributed by atoms with Crippen molar-refractivity contribution in [2.75, 3.05) is 18.5 Å². The van der Waals surface area contributed by atoms with Gasteiger partial charge < -0.3 is 0 Å². The Morgan fingerprint density at radius 1 is 0.920 bits per heavy atom. The smallest absolute Gasteiger partial charge is 0.0561 e. The van der Waals surface area contributed by atoms with Crippen LogP contribution >= 0.6 is 0 Å². The highest BCUT2D eigenvalue weighted by molar-refractivity contribution is 5.80. The van der Waals surface area contributed by atoms with Gasteiger partial charge in [0.2, 0.25) is 0 Å². The number of hydrogen-bond acceptors (Lipinski definition) is 3. The van der Waals surface area contributed by atoms with Gasteiger partial charge in [0.15, 0.2) is 0 Å². The molecule has 0 saturated carbocycles. The fourth-order valence-corrected chi connectivity index (χ4v) is 2.96. The standard InChI is InChI=1S/C22H31N3/c1-18(2)15-25(16-19(3)4)17-21-10-8-9-20(13-21)14-23-24-22-11-6-5-7-12-22/h5-14,18-19,24H,15-17H2,1-4H3. The van der Waals surface area contributed by atoms with Crippen molar-refractivity contribution >= 4 is 11.9 Å². The highest BCUT2D eigenvalue weighted by Gasteiger charge is 2.10. The third-order valence-electron chi connectivity index (χ3n) is 3.78. The molecule has 25 heavy (non-hydrogen) atoms. The van der Waals surface area contributed by atoms with E-state index in [2.05, 4.69) is 67.4 Å². The second kappa shape index (κ2) is 10.00. The van der Waals surface area contributed by atoms with Crippen LogP contribution in [-0.4, -0.2) is 24.2 Å². The molecule has 0 aliphatic carbocycles. The summed E-state index contributed by atoms with van der Waals surface area (Å²) in [5.74, 6) is 1.36. The first-order chi connectivity index (χ1) is 12.0. The summed E-state index contributed by atoms with van der Waals surface area (Å²) in [4.78, 5) is 2.55. The summed E-state index contributed by atoms with van der Waals surface area (Å²) in [6.07, 6.45) is 1.88. The summed E-state index contributed by atoms with van der Waals surface area (Å²) in [7, 11) is 0. The molecule has 0 aliphatic rings. The van der Waals surface area contributed by atoms with Crippen LogP contribution in [0.1, 0.15) is 38.8 Å². The molecule has 1 N–H and O–H groups in total. The summed E-state index contributed by atoms with van der Waals surface area (Å²) in [6, 6.07) is 18.6. The van der Waals surface area contributed by atoms with E-state index in [1.165, 1.54) is 5.56 Å². The first-order valence-corrected chi connectivity index (χ1v) is 9.18. The zero-order valence-corrected chi connectivity index (χ0v) is 15.9. The fraction of sp³-hybridized carbons (Fsp3) is 0.409. The van der Waals surface area contributed by atoms with Gasteiger partial charge in [-0.2, -0.15) is 5.10 Å². The number of benzene rings is 2. The largest absolute Gasteiger partial charge is 0.299 e. The molecule has 0 aliphatic heterocycles. The maximum atomic E-state index is 4.34. The van der Waals surface area contributed by atoms with Crippen molar-refractivity contribution < 1.29 is 0 Å². The van der Waals surface area contributed by atoms with E-state index in [-0.39, 0.29) is 0 Å². The average molecular weight is 338 g/mol. The van der Waals surface area contributed by atoms with Crippen LogP contribution in [0.4, 0.5) is 5.69 Å². The van der Waals surface area contributed by atoms with Gasteiger partial charge in [0, 0.05) is 19.6 Å². The van der Waals surface area contributed by atoms with Crippen LogP contribution < -0.4 is 5.43 Å². The minimum atomic E-state index is 0.679. The van der Waals surface area contributed by atoms with Crippen molar-refractivity contribution in [1.82, 2.24) is 4.90 Å². The normalized spacial score (nSPS) is 11.8. The minimum Gasteiger partial charge on any atom is -0.299 e. The van der Waals surface area contributed by atoms with E-state index in [1.54, 1.807) is 0 Å². The van der Waals surface area contributed by atoms with Crippen molar-refractivity contribution in [2.24, 2.45) is 16.9 Å². The number of hydrogen-bond donors (Lipinski definition) is 1. The Balaban J connectivity index is 1.99. The molecule has 0 bridgehead atoms. The van der Waals surface area contributed by atoms with Crippen molar-refractivity contribution in [2.45, 2.75) is 34.2 Å². The Bertz CT molecular complexity index is 637. The number of nitrogens with one attached hydrogen (secondary N) is 1. The molecule has 2 rings (SSSR count). The van der Waals surface area contributed by atoms with Gasteiger partial charge in [-0.25, -0.2) is 0 Å². The molecular formula is C22H31N3. The maximum Gasteiger partial charge on any atom is 0.0561 e. The second-order valence-electron chi connectivity index (χ2n) is 7.46. The summed E-state index contributed by atoms with van der Waals surface area (Å²) in [5, 5.41) is 4.34. The lowest BCUT2D eigenvalue weighted by molar-refractivity contribution is 0.211. The quantitative estimate of drug-likeness (QED) is 0.500. The van der Waals surface area contributed by atoms with Crippen LogP contribution in [-0.2, 0) is 6.54 Å². The zero-order valence-electron chi connectivity index (χ0n) is 15.9. The van der Waals surface area contributed by atoms with Gasteiger partial charge >= 0.3 is 0 Å². The number of nitrogens with zero attached hydrogens (tertiary/aromatic N) is 2. The Kier molecular flexibility index (Phi) is 7.68. The predicted octanol–water partition coefficient (Wildman–Crippen LogP) is 5.25. The lowest BCUT2D eigenvalue weighted by Gasteiger charge is -2.26. The molecule has 134 valence electrons. The molecule has 0 heterocycles. The molecule has 0 unspecified atom stereocenters. The van der Waals surface area contributed by atoms with Gasteiger partial charge in [-0.3, -0.25) is 10.3 Å². The third kappa shape index (κ3) is 7.53. The molecule has 0 aromatic heterocycles. The van der Waals surface area contributed by atoms with Crippen LogP contribution in [0.3, 0.4) is 0 Å². The first-order valence-electron chi connectivity index (χ1n) is 9.18. The molecule has 3 heteroatoms. The van der Waals surface area contributed by atoms with Gasteiger partial charge in [-0.05, 0) is 41.2 Å². The molecule has 0 amide bonds. The van der Waals surface area contributed by atoms with Crippen LogP contribution in [0.25, 0.3) is 0 Å². The Hall–Kier alpha value is -2.13. The summed E-state index contributed by atoms with van der Waals surface area (Å²) >= 11 is 0. The topological polar surface area (TPSA) is 27.6 Å². The molecule has 0 radical (unpaired) electrons. The van der Waals surface area contributed by atoms with Crippen molar-refractivity contribution in [3.05, 3.63) is 65.7 Å². The number of anilines is 1.